The summed E-state index contributed by atoms with van der Waals surface area (Å²) in [5, 5.41) is 14.6. The Kier molecular flexibility index (Phi) is 5.98. The minimum Gasteiger partial charge on any atom is -0.492 e. The fourth-order valence-corrected chi connectivity index (χ4v) is 1.51. The number of benzene rings is 1. The first-order chi connectivity index (χ1) is 9.86. The molecule has 1 aromatic carbocycles. The van der Waals surface area contributed by atoms with Crippen molar-refractivity contribution in [1.29, 1.82) is 0 Å². The van der Waals surface area contributed by atoms with Crippen LogP contribution in [0.4, 0.5) is 0 Å². The maximum absolute atomic E-state index is 11.1. The minimum absolute atomic E-state index is 0.0527. The van der Waals surface area contributed by atoms with Crippen molar-refractivity contribution in [2.75, 3.05) is 19.7 Å². The van der Waals surface area contributed by atoms with Gasteiger partial charge in [-0.2, -0.15) is 0 Å². The average Bonchev–Trinajstić information content (AvgIpc) is 2.46. The van der Waals surface area contributed by atoms with Gasteiger partial charge in [0.1, 0.15) is 12.4 Å². The van der Waals surface area contributed by atoms with Crippen LogP contribution in [0.3, 0.4) is 0 Å². The Bertz CT molecular complexity index is 497. The van der Waals surface area contributed by atoms with Crippen molar-refractivity contribution in [2.24, 2.45) is 22.0 Å². The molecular formula is C14H22N4O3. The number of nitrogens with zero attached hydrogens (tertiary/aromatic N) is 1. The average molecular weight is 294 g/mol. The quantitative estimate of drug-likeness (QED) is 0.180. The van der Waals surface area contributed by atoms with Gasteiger partial charge in [-0.25, -0.2) is 0 Å². The summed E-state index contributed by atoms with van der Waals surface area (Å²) in [6.07, 6.45) is 0. The Balaban J connectivity index is 2.32. The van der Waals surface area contributed by atoms with Gasteiger partial charge in [-0.15, -0.1) is 0 Å². The van der Waals surface area contributed by atoms with Crippen molar-refractivity contribution < 1.29 is 14.7 Å². The molecule has 0 unspecified atom stereocenters. The number of rotatable bonds is 8. The number of nitrogens with one attached hydrogen (secondary N) is 1. The van der Waals surface area contributed by atoms with Crippen LogP contribution in [0.25, 0.3) is 0 Å². The van der Waals surface area contributed by atoms with Crippen LogP contribution in [0, 0.1) is 5.41 Å². The molecule has 21 heavy (non-hydrogen) atoms. The lowest BCUT2D eigenvalue weighted by atomic mass is 9.93. The van der Waals surface area contributed by atoms with Gasteiger partial charge in [-0.1, -0.05) is 5.16 Å². The second kappa shape index (κ2) is 7.49. The summed E-state index contributed by atoms with van der Waals surface area (Å²) < 4.78 is 5.53. The molecular weight excluding hydrogens is 272 g/mol. The monoisotopic (exact) mass is 294 g/mol. The number of amides is 1. The van der Waals surface area contributed by atoms with E-state index in [2.05, 4.69) is 10.5 Å². The minimum atomic E-state index is -0.581. The maximum atomic E-state index is 11.1. The summed E-state index contributed by atoms with van der Waals surface area (Å²) >= 11 is 0. The summed E-state index contributed by atoms with van der Waals surface area (Å²) in [4.78, 5) is 11.1. The Morgan fingerprint density at radius 1 is 1.33 bits per heavy atom. The molecule has 0 atom stereocenters. The van der Waals surface area contributed by atoms with Crippen molar-refractivity contribution in [3.05, 3.63) is 29.8 Å². The molecule has 0 aromatic heterocycles. The fourth-order valence-electron chi connectivity index (χ4n) is 1.51. The van der Waals surface area contributed by atoms with E-state index < -0.39 is 5.41 Å². The number of hydrogen-bond acceptors (Lipinski definition) is 5. The number of ether oxygens (including phenoxy) is 1. The van der Waals surface area contributed by atoms with Crippen molar-refractivity contribution in [3.8, 4) is 5.75 Å². The van der Waals surface area contributed by atoms with Gasteiger partial charge in [0.15, 0.2) is 5.84 Å². The summed E-state index contributed by atoms with van der Waals surface area (Å²) in [7, 11) is 0. The third kappa shape index (κ3) is 5.31. The predicted octanol–water partition coefficient (Wildman–Crippen LogP) is 0.261. The number of carbonyl (C=O) groups is 1. The van der Waals surface area contributed by atoms with Crippen molar-refractivity contribution in [2.45, 2.75) is 13.8 Å². The summed E-state index contributed by atoms with van der Waals surface area (Å²) in [6.45, 7) is 5.12. The highest BCUT2D eigenvalue weighted by Gasteiger charge is 2.23. The van der Waals surface area contributed by atoms with Crippen LogP contribution in [0.2, 0.25) is 0 Å². The van der Waals surface area contributed by atoms with E-state index in [1.165, 1.54) is 0 Å². The topological polar surface area (TPSA) is 123 Å². The van der Waals surface area contributed by atoms with Crippen LogP contribution in [0.5, 0.6) is 5.75 Å². The molecule has 116 valence electrons. The molecule has 7 heteroatoms. The molecule has 1 aromatic rings. The molecule has 0 aliphatic rings. The Labute approximate surface area is 123 Å². The van der Waals surface area contributed by atoms with Gasteiger partial charge in [0, 0.05) is 18.7 Å². The maximum Gasteiger partial charge on any atom is 0.224 e. The first kappa shape index (κ1) is 16.8. The van der Waals surface area contributed by atoms with Gasteiger partial charge >= 0.3 is 0 Å². The van der Waals surface area contributed by atoms with Crippen LogP contribution in [-0.4, -0.2) is 36.6 Å². The molecule has 0 aliphatic heterocycles. The molecule has 6 N–H and O–H groups in total. The number of amidine groups is 1. The van der Waals surface area contributed by atoms with E-state index in [-0.39, 0.29) is 11.7 Å². The second-order valence-corrected chi connectivity index (χ2v) is 5.28. The highest BCUT2D eigenvalue weighted by molar-refractivity contribution is 5.97. The SMILES string of the molecule is CC(C)(CNCCOc1ccc(/C(N)=N/O)cc1)C(N)=O. The van der Waals surface area contributed by atoms with E-state index in [9.17, 15) is 4.79 Å². The van der Waals surface area contributed by atoms with Gasteiger partial charge in [0.05, 0.1) is 5.41 Å². The molecule has 0 saturated carbocycles. The largest absolute Gasteiger partial charge is 0.492 e. The number of oxime groups is 1. The molecule has 0 aliphatic carbocycles. The first-order valence-electron chi connectivity index (χ1n) is 6.58. The number of primary amides is 1. The fraction of sp³-hybridized carbons (Fsp3) is 0.429. The third-order valence-corrected chi connectivity index (χ3v) is 3.04. The molecule has 1 rings (SSSR count). The molecule has 0 radical (unpaired) electrons. The zero-order valence-corrected chi connectivity index (χ0v) is 12.3. The first-order valence-corrected chi connectivity index (χ1v) is 6.58. The van der Waals surface area contributed by atoms with Gasteiger partial charge in [0.2, 0.25) is 5.91 Å². The molecule has 1 amide bonds. The highest BCUT2D eigenvalue weighted by atomic mass is 16.5. The third-order valence-electron chi connectivity index (χ3n) is 3.04. The van der Waals surface area contributed by atoms with Crippen molar-refractivity contribution >= 4 is 11.7 Å². The van der Waals surface area contributed by atoms with Crippen LogP contribution >= 0.6 is 0 Å². The van der Waals surface area contributed by atoms with Crippen molar-refractivity contribution in [1.82, 2.24) is 5.32 Å². The summed E-state index contributed by atoms with van der Waals surface area (Å²) in [5.74, 6) is 0.395. The smallest absolute Gasteiger partial charge is 0.224 e. The zero-order valence-electron chi connectivity index (χ0n) is 12.3. The normalized spacial score (nSPS) is 12.2. The Hall–Kier alpha value is -2.28. The lowest BCUT2D eigenvalue weighted by Crippen LogP contribution is -2.41. The van der Waals surface area contributed by atoms with Gasteiger partial charge < -0.3 is 26.7 Å². The van der Waals surface area contributed by atoms with E-state index in [1.807, 2.05) is 0 Å². The van der Waals surface area contributed by atoms with Gasteiger partial charge in [-0.3, -0.25) is 4.79 Å². The Morgan fingerprint density at radius 3 is 2.48 bits per heavy atom. The molecule has 0 heterocycles. The summed E-state index contributed by atoms with van der Waals surface area (Å²) in [6, 6.07) is 6.88. The number of hydrogen-bond donors (Lipinski definition) is 4. The van der Waals surface area contributed by atoms with Gasteiger partial charge in [-0.05, 0) is 38.1 Å². The lowest BCUT2D eigenvalue weighted by molar-refractivity contribution is -0.125. The zero-order chi connectivity index (χ0) is 15.9. The van der Waals surface area contributed by atoms with Gasteiger partial charge in [0.25, 0.3) is 0 Å². The van der Waals surface area contributed by atoms with Crippen molar-refractivity contribution in [3.63, 3.8) is 0 Å². The highest BCUT2D eigenvalue weighted by Crippen LogP contribution is 2.13. The van der Waals surface area contributed by atoms with Crippen LogP contribution in [-0.2, 0) is 4.79 Å². The Morgan fingerprint density at radius 2 is 1.95 bits per heavy atom. The molecule has 0 fully saturated rings. The van der Waals surface area contributed by atoms with Crippen LogP contribution in [0.1, 0.15) is 19.4 Å². The second-order valence-electron chi connectivity index (χ2n) is 5.28. The standard InChI is InChI=1S/C14H22N4O3/c1-14(2,13(16)19)9-17-7-8-21-11-5-3-10(4-6-11)12(15)18-20/h3-6,17,20H,7-9H2,1-2H3,(H2,15,18)(H2,16,19). The molecule has 0 spiro atoms. The molecule has 0 saturated heterocycles. The number of nitrogens with two attached hydrogens (primary N) is 2. The summed E-state index contributed by atoms with van der Waals surface area (Å²) in [5.41, 5.74) is 10.8. The van der Waals surface area contributed by atoms with E-state index in [1.54, 1.807) is 38.1 Å². The lowest BCUT2D eigenvalue weighted by Gasteiger charge is -2.20. The molecule has 7 nitrogen and oxygen atoms in total. The van der Waals surface area contributed by atoms with E-state index in [0.717, 1.165) is 0 Å². The van der Waals surface area contributed by atoms with E-state index in [0.29, 0.717) is 31.0 Å². The molecule has 0 bridgehead atoms. The number of carbonyl (C=O) groups excluding carboxylic acids is 1. The van der Waals surface area contributed by atoms with E-state index >= 15 is 0 Å². The predicted molar refractivity (Wildman–Crippen MR) is 80.3 cm³/mol. The van der Waals surface area contributed by atoms with Crippen LogP contribution < -0.4 is 21.5 Å². The van der Waals surface area contributed by atoms with E-state index in [4.69, 9.17) is 21.4 Å². The van der Waals surface area contributed by atoms with Crippen LogP contribution in [0.15, 0.2) is 29.4 Å².